The highest BCUT2D eigenvalue weighted by Gasteiger charge is 2.31. The molecule has 1 atom stereocenters. The van der Waals surface area contributed by atoms with Crippen molar-refractivity contribution in [2.75, 3.05) is 0 Å². The van der Waals surface area contributed by atoms with Crippen molar-refractivity contribution >= 4 is 0 Å². The molecule has 0 spiro atoms. The van der Waals surface area contributed by atoms with Crippen LogP contribution in [0.15, 0.2) is 66.7 Å². The van der Waals surface area contributed by atoms with Crippen molar-refractivity contribution in [1.82, 2.24) is 0 Å². The molecule has 3 aromatic rings. The van der Waals surface area contributed by atoms with E-state index in [1.807, 2.05) is 56.3 Å². The first kappa shape index (κ1) is 16.1. The Kier molecular flexibility index (Phi) is 4.06. The topological polar surface area (TPSA) is 40.5 Å². The second-order valence-corrected chi connectivity index (χ2v) is 6.50. The zero-order chi connectivity index (χ0) is 17.3. The van der Waals surface area contributed by atoms with Crippen LogP contribution in [0.4, 0.5) is 0 Å². The van der Waals surface area contributed by atoms with Crippen molar-refractivity contribution in [3.8, 4) is 11.5 Å². The van der Waals surface area contributed by atoms with E-state index in [0.29, 0.717) is 5.75 Å². The average Bonchev–Trinajstić information content (AvgIpc) is 2.60. The van der Waals surface area contributed by atoms with E-state index in [1.54, 1.807) is 12.1 Å². The molecule has 0 fully saturated rings. The van der Waals surface area contributed by atoms with E-state index in [9.17, 15) is 10.2 Å². The number of benzene rings is 3. The van der Waals surface area contributed by atoms with Gasteiger partial charge in [-0.1, -0.05) is 54.6 Å². The molecule has 2 N–H and O–H groups in total. The molecule has 2 nitrogen and oxygen atoms in total. The van der Waals surface area contributed by atoms with Crippen molar-refractivity contribution in [3.05, 3.63) is 94.5 Å². The van der Waals surface area contributed by atoms with Gasteiger partial charge >= 0.3 is 0 Å². The van der Waals surface area contributed by atoms with Crippen molar-refractivity contribution in [3.63, 3.8) is 0 Å². The van der Waals surface area contributed by atoms with Gasteiger partial charge in [0, 0.05) is 5.41 Å². The minimum Gasteiger partial charge on any atom is -0.508 e. The van der Waals surface area contributed by atoms with Gasteiger partial charge < -0.3 is 10.2 Å². The maximum absolute atomic E-state index is 10.1. The highest BCUT2D eigenvalue weighted by molar-refractivity contribution is 5.54. The first-order valence-corrected chi connectivity index (χ1v) is 8.08. The molecule has 0 aliphatic carbocycles. The normalized spacial score (nSPS) is 13.5. The van der Waals surface area contributed by atoms with Gasteiger partial charge in [-0.3, -0.25) is 0 Å². The van der Waals surface area contributed by atoms with Gasteiger partial charge in [-0.2, -0.15) is 0 Å². The SMILES string of the molecule is Cc1cc(C(C)(c2ccccc2)c2ccc(O)cc2)cc(C)c1O. The third kappa shape index (κ3) is 2.65. The fourth-order valence-electron chi connectivity index (χ4n) is 3.31. The number of phenolic OH excluding ortho intramolecular Hbond substituents is 2. The van der Waals surface area contributed by atoms with Gasteiger partial charge in [0.15, 0.2) is 0 Å². The summed E-state index contributed by atoms with van der Waals surface area (Å²) in [5, 5.41) is 19.8. The van der Waals surface area contributed by atoms with Crippen LogP contribution >= 0.6 is 0 Å². The Morgan fingerprint density at radius 1 is 0.667 bits per heavy atom. The summed E-state index contributed by atoms with van der Waals surface area (Å²) in [7, 11) is 0. The van der Waals surface area contributed by atoms with Crippen LogP contribution in [-0.4, -0.2) is 10.2 Å². The molecule has 1 unspecified atom stereocenters. The molecule has 0 aliphatic rings. The molecule has 0 aliphatic heterocycles. The number of aromatic hydroxyl groups is 2. The molecule has 0 aromatic heterocycles. The Balaban J connectivity index is 2.29. The van der Waals surface area contributed by atoms with Crippen LogP contribution in [0.2, 0.25) is 0 Å². The second-order valence-electron chi connectivity index (χ2n) is 6.50. The highest BCUT2D eigenvalue weighted by atomic mass is 16.3. The Bertz CT molecular complexity index is 828. The Morgan fingerprint density at radius 3 is 1.71 bits per heavy atom. The number of hydrogen-bond acceptors (Lipinski definition) is 2. The fourth-order valence-corrected chi connectivity index (χ4v) is 3.31. The van der Waals surface area contributed by atoms with Crippen LogP contribution in [-0.2, 0) is 5.41 Å². The first-order valence-electron chi connectivity index (χ1n) is 8.08. The van der Waals surface area contributed by atoms with Crippen molar-refractivity contribution < 1.29 is 10.2 Å². The average molecular weight is 318 g/mol. The van der Waals surface area contributed by atoms with Gasteiger partial charge in [-0.05, 0) is 60.7 Å². The van der Waals surface area contributed by atoms with Crippen molar-refractivity contribution in [2.45, 2.75) is 26.2 Å². The van der Waals surface area contributed by atoms with Gasteiger partial charge in [-0.25, -0.2) is 0 Å². The highest BCUT2D eigenvalue weighted by Crippen LogP contribution is 2.41. The largest absolute Gasteiger partial charge is 0.508 e. The van der Waals surface area contributed by atoms with Gasteiger partial charge in [0.05, 0.1) is 0 Å². The Morgan fingerprint density at radius 2 is 1.17 bits per heavy atom. The van der Waals surface area contributed by atoms with E-state index in [4.69, 9.17) is 0 Å². The van der Waals surface area contributed by atoms with Crippen LogP contribution < -0.4 is 0 Å². The monoisotopic (exact) mass is 318 g/mol. The molecule has 24 heavy (non-hydrogen) atoms. The number of aryl methyl sites for hydroxylation is 2. The minimum atomic E-state index is -0.377. The molecule has 0 bridgehead atoms. The molecule has 122 valence electrons. The standard InChI is InChI=1S/C22H22O2/c1-15-13-19(14-16(2)21(15)24)22(3,17-7-5-4-6-8-17)18-9-11-20(23)12-10-18/h4-14,23-24H,1-3H3. The van der Waals surface area contributed by atoms with Crippen molar-refractivity contribution in [1.29, 1.82) is 0 Å². The zero-order valence-corrected chi connectivity index (χ0v) is 14.2. The van der Waals surface area contributed by atoms with E-state index in [-0.39, 0.29) is 11.2 Å². The third-order valence-corrected chi connectivity index (χ3v) is 4.86. The predicted octanol–water partition coefficient (Wildman–Crippen LogP) is 5.07. The van der Waals surface area contributed by atoms with E-state index in [2.05, 4.69) is 19.1 Å². The number of phenols is 2. The molecule has 2 heteroatoms. The zero-order valence-electron chi connectivity index (χ0n) is 14.2. The minimum absolute atomic E-state index is 0.257. The van der Waals surface area contributed by atoms with E-state index >= 15 is 0 Å². The Hall–Kier alpha value is -2.74. The summed E-state index contributed by atoms with van der Waals surface area (Å²) < 4.78 is 0. The third-order valence-electron chi connectivity index (χ3n) is 4.86. The summed E-state index contributed by atoms with van der Waals surface area (Å²) in [6.07, 6.45) is 0. The Labute approximate surface area is 143 Å². The van der Waals surface area contributed by atoms with Gasteiger partial charge in [0.25, 0.3) is 0 Å². The van der Waals surface area contributed by atoms with Gasteiger partial charge in [0.1, 0.15) is 11.5 Å². The number of rotatable bonds is 3. The van der Waals surface area contributed by atoms with Crippen LogP contribution in [0.3, 0.4) is 0 Å². The smallest absolute Gasteiger partial charge is 0.121 e. The summed E-state index contributed by atoms with van der Waals surface area (Å²) in [5.74, 6) is 0.604. The maximum atomic E-state index is 10.1. The van der Waals surface area contributed by atoms with E-state index < -0.39 is 0 Å². The maximum Gasteiger partial charge on any atom is 0.121 e. The summed E-state index contributed by atoms with van der Waals surface area (Å²) in [5.41, 5.74) is 4.73. The van der Waals surface area contributed by atoms with Crippen LogP contribution in [0.1, 0.15) is 34.7 Å². The fraction of sp³-hybridized carbons (Fsp3) is 0.182. The summed E-state index contributed by atoms with van der Waals surface area (Å²) in [6, 6.07) is 21.8. The first-order chi connectivity index (χ1) is 11.4. The summed E-state index contributed by atoms with van der Waals surface area (Å²) in [6.45, 7) is 6.03. The lowest BCUT2D eigenvalue weighted by atomic mass is 9.70. The predicted molar refractivity (Wildman–Crippen MR) is 97.7 cm³/mol. The van der Waals surface area contributed by atoms with E-state index in [1.165, 1.54) is 5.56 Å². The molecular formula is C22H22O2. The molecule has 0 saturated heterocycles. The summed E-state index contributed by atoms with van der Waals surface area (Å²) in [4.78, 5) is 0. The van der Waals surface area contributed by atoms with Crippen molar-refractivity contribution in [2.24, 2.45) is 0 Å². The molecular weight excluding hydrogens is 296 g/mol. The van der Waals surface area contributed by atoms with Crippen LogP contribution in [0, 0.1) is 13.8 Å². The molecule has 0 amide bonds. The van der Waals surface area contributed by atoms with E-state index in [0.717, 1.165) is 22.3 Å². The van der Waals surface area contributed by atoms with Crippen LogP contribution in [0.25, 0.3) is 0 Å². The lowest BCUT2D eigenvalue weighted by Gasteiger charge is -2.32. The quantitative estimate of drug-likeness (QED) is 0.662. The molecule has 0 radical (unpaired) electrons. The molecule has 0 saturated carbocycles. The summed E-state index contributed by atoms with van der Waals surface area (Å²) >= 11 is 0. The lowest BCUT2D eigenvalue weighted by Crippen LogP contribution is -2.25. The number of hydrogen-bond donors (Lipinski definition) is 2. The van der Waals surface area contributed by atoms with Gasteiger partial charge in [0.2, 0.25) is 0 Å². The second kappa shape index (κ2) is 6.04. The van der Waals surface area contributed by atoms with Crippen LogP contribution in [0.5, 0.6) is 11.5 Å². The molecule has 3 aromatic carbocycles. The lowest BCUT2D eigenvalue weighted by molar-refractivity contribution is 0.466. The van der Waals surface area contributed by atoms with Gasteiger partial charge in [-0.15, -0.1) is 0 Å². The molecule has 3 rings (SSSR count). The molecule has 0 heterocycles.